The topological polar surface area (TPSA) is 45.7 Å². The van der Waals surface area contributed by atoms with Crippen LogP contribution in [0.5, 0.6) is 5.75 Å². The summed E-state index contributed by atoms with van der Waals surface area (Å²) >= 11 is 1.61. The van der Waals surface area contributed by atoms with Crippen LogP contribution in [0, 0.1) is 13.8 Å². The minimum atomic E-state index is 0.0710. The number of likely N-dealkylation sites (N-methyl/N-ethyl adjacent to an activating group) is 1. The molecule has 0 fully saturated rings. The molecule has 0 unspecified atom stereocenters. The monoisotopic (exact) mass is 425 g/mol. The van der Waals surface area contributed by atoms with E-state index in [0.29, 0.717) is 13.0 Å². The number of amides is 1. The number of rotatable bonds is 9. The van der Waals surface area contributed by atoms with Crippen molar-refractivity contribution in [2.24, 2.45) is 0 Å². The lowest BCUT2D eigenvalue weighted by molar-refractivity contribution is -0.118. The van der Waals surface area contributed by atoms with Crippen molar-refractivity contribution in [2.75, 3.05) is 38.2 Å². The van der Waals surface area contributed by atoms with Gasteiger partial charge in [-0.3, -0.25) is 9.69 Å². The lowest BCUT2D eigenvalue weighted by atomic mass is 10.1. The number of benzene rings is 2. The minimum Gasteiger partial charge on any atom is -0.497 e. The van der Waals surface area contributed by atoms with E-state index < -0.39 is 0 Å². The van der Waals surface area contributed by atoms with Crippen LogP contribution in [0.4, 0.5) is 5.13 Å². The molecule has 0 radical (unpaired) electrons. The second-order valence-corrected chi connectivity index (χ2v) is 8.45. The molecule has 0 atom stereocenters. The fourth-order valence-corrected chi connectivity index (χ4v) is 4.64. The van der Waals surface area contributed by atoms with E-state index in [4.69, 9.17) is 9.72 Å². The summed E-state index contributed by atoms with van der Waals surface area (Å²) in [5.74, 6) is 0.864. The summed E-state index contributed by atoms with van der Waals surface area (Å²) in [6.45, 7) is 11.9. The first kappa shape index (κ1) is 22.2. The SMILES string of the molecule is CCN(CC)CCN(C(=O)Cc1ccc(OC)cc1)c1nc2c(C)ccc(C)c2s1. The zero-order valence-corrected chi connectivity index (χ0v) is 19.4. The first-order chi connectivity index (χ1) is 14.5. The van der Waals surface area contributed by atoms with Gasteiger partial charge in [-0.1, -0.05) is 49.4 Å². The van der Waals surface area contributed by atoms with Crippen LogP contribution in [0.25, 0.3) is 10.2 Å². The average Bonchev–Trinajstić information content (AvgIpc) is 3.21. The van der Waals surface area contributed by atoms with Crippen LogP contribution >= 0.6 is 11.3 Å². The van der Waals surface area contributed by atoms with Crippen molar-refractivity contribution in [1.82, 2.24) is 9.88 Å². The molecule has 1 heterocycles. The Morgan fingerprint density at radius 2 is 1.67 bits per heavy atom. The normalized spacial score (nSPS) is 11.3. The van der Waals surface area contributed by atoms with E-state index in [2.05, 4.69) is 44.7 Å². The molecule has 0 aliphatic carbocycles. The van der Waals surface area contributed by atoms with Crippen molar-refractivity contribution in [2.45, 2.75) is 34.1 Å². The van der Waals surface area contributed by atoms with E-state index in [9.17, 15) is 4.79 Å². The Hall–Kier alpha value is -2.44. The fourth-order valence-electron chi connectivity index (χ4n) is 3.49. The molecule has 5 nitrogen and oxygen atoms in total. The number of fused-ring (bicyclic) bond motifs is 1. The predicted molar refractivity (Wildman–Crippen MR) is 126 cm³/mol. The zero-order valence-electron chi connectivity index (χ0n) is 18.6. The number of hydrogen-bond acceptors (Lipinski definition) is 5. The Labute approximate surface area is 183 Å². The number of anilines is 1. The molecular weight excluding hydrogens is 394 g/mol. The summed E-state index contributed by atoms with van der Waals surface area (Å²) in [6, 6.07) is 11.9. The molecule has 0 saturated heterocycles. The molecule has 0 aliphatic rings. The maximum Gasteiger partial charge on any atom is 0.233 e. The smallest absolute Gasteiger partial charge is 0.233 e. The fraction of sp³-hybridized carbons (Fsp3) is 0.417. The quantitative estimate of drug-likeness (QED) is 0.492. The highest BCUT2D eigenvalue weighted by molar-refractivity contribution is 7.22. The van der Waals surface area contributed by atoms with Crippen molar-refractivity contribution in [1.29, 1.82) is 0 Å². The third kappa shape index (κ3) is 4.99. The molecule has 1 amide bonds. The molecule has 3 aromatic rings. The minimum absolute atomic E-state index is 0.0710. The van der Waals surface area contributed by atoms with E-state index in [1.807, 2.05) is 29.2 Å². The van der Waals surface area contributed by atoms with Crippen LogP contribution in [0.15, 0.2) is 36.4 Å². The van der Waals surface area contributed by atoms with Crippen LogP contribution in [-0.2, 0) is 11.2 Å². The summed E-state index contributed by atoms with van der Waals surface area (Å²) in [5, 5.41) is 0.785. The highest BCUT2D eigenvalue weighted by atomic mass is 32.1. The highest BCUT2D eigenvalue weighted by Crippen LogP contribution is 2.33. The van der Waals surface area contributed by atoms with E-state index >= 15 is 0 Å². The second kappa shape index (κ2) is 10.0. The molecule has 3 rings (SSSR count). The summed E-state index contributed by atoms with van der Waals surface area (Å²) in [7, 11) is 1.65. The number of hydrogen-bond donors (Lipinski definition) is 0. The molecule has 0 bridgehead atoms. The van der Waals surface area contributed by atoms with Gasteiger partial charge < -0.3 is 9.64 Å². The Bertz CT molecular complexity index is 955. The number of aromatic nitrogens is 1. The van der Waals surface area contributed by atoms with Crippen molar-refractivity contribution < 1.29 is 9.53 Å². The van der Waals surface area contributed by atoms with Gasteiger partial charge in [0.25, 0.3) is 0 Å². The Morgan fingerprint density at radius 3 is 2.27 bits per heavy atom. The Morgan fingerprint density at radius 1 is 1.00 bits per heavy atom. The third-order valence-electron chi connectivity index (χ3n) is 5.51. The second-order valence-electron chi connectivity index (χ2n) is 7.47. The summed E-state index contributed by atoms with van der Waals surface area (Å²) < 4.78 is 6.39. The largest absolute Gasteiger partial charge is 0.497 e. The van der Waals surface area contributed by atoms with Crippen molar-refractivity contribution >= 4 is 32.6 Å². The predicted octanol–water partition coefficient (Wildman–Crippen LogP) is 4.84. The number of carbonyl (C=O) groups is 1. The Balaban J connectivity index is 1.90. The van der Waals surface area contributed by atoms with E-state index in [1.165, 1.54) is 5.56 Å². The van der Waals surface area contributed by atoms with Crippen LogP contribution in [-0.4, -0.2) is 49.1 Å². The highest BCUT2D eigenvalue weighted by Gasteiger charge is 2.21. The standard InChI is InChI=1S/C24H31N3O2S/c1-6-26(7-2)14-15-27(21(28)16-19-10-12-20(29-5)13-11-19)24-25-22-17(3)8-9-18(4)23(22)30-24/h8-13H,6-7,14-16H2,1-5H3. The number of aryl methyl sites for hydroxylation is 2. The van der Waals surface area contributed by atoms with Gasteiger partial charge in [-0.2, -0.15) is 0 Å². The summed E-state index contributed by atoms with van der Waals surface area (Å²) in [6.07, 6.45) is 0.343. The number of thiazole rings is 1. The van der Waals surface area contributed by atoms with Gasteiger partial charge in [-0.25, -0.2) is 4.98 Å². The van der Waals surface area contributed by atoms with E-state index in [1.54, 1.807) is 18.4 Å². The van der Waals surface area contributed by atoms with Gasteiger partial charge in [0.1, 0.15) is 5.75 Å². The average molecular weight is 426 g/mol. The van der Waals surface area contributed by atoms with Gasteiger partial charge in [-0.05, 0) is 55.8 Å². The molecule has 0 spiro atoms. The molecule has 0 aliphatic heterocycles. The van der Waals surface area contributed by atoms with Gasteiger partial charge in [-0.15, -0.1) is 0 Å². The van der Waals surface area contributed by atoms with Gasteiger partial charge in [0, 0.05) is 13.1 Å². The van der Waals surface area contributed by atoms with Gasteiger partial charge in [0.15, 0.2) is 5.13 Å². The molecule has 1 aromatic heterocycles. The molecule has 6 heteroatoms. The number of nitrogens with zero attached hydrogens (tertiary/aromatic N) is 3. The lowest BCUT2D eigenvalue weighted by Gasteiger charge is -2.24. The van der Waals surface area contributed by atoms with Crippen LogP contribution in [0.3, 0.4) is 0 Å². The number of methoxy groups -OCH3 is 1. The molecule has 2 aromatic carbocycles. The zero-order chi connectivity index (χ0) is 21.7. The lowest BCUT2D eigenvalue weighted by Crippen LogP contribution is -2.39. The van der Waals surface area contributed by atoms with Crippen LogP contribution in [0.2, 0.25) is 0 Å². The van der Waals surface area contributed by atoms with Crippen molar-refractivity contribution in [3.8, 4) is 5.75 Å². The third-order valence-corrected chi connectivity index (χ3v) is 6.73. The molecule has 30 heavy (non-hydrogen) atoms. The van der Waals surface area contributed by atoms with Crippen molar-refractivity contribution in [3.05, 3.63) is 53.1 Å². The molecule has 160 valence electrons. The Kier molecular flexibility index (Phi) is 7.45. The van der Waals surface area contributed by atoms with E-state index in [-0.39, 0.29) is 5.91 Å². The number of carbonyl (C=O) groups excluding carboxylic acids is 1. The van der Waals surface area contributed by atoms with Crippen LogP contribution < -0.4 is 9.64 Å². The van der Waals surface area contributed by atoms with Gasteiger partial charge in [0.05, 0.1) is 23.7 Å². The maximum atomic E-state index is 13.3. The number of ether oxygens (including phenoxy) is 1. The molecule has 0 saturated carbocycles. The first-order valence-electron chi connectivity index (χ1n) is 10.5. The summed E-state index contributed by atoms with van der Waals surface area (Å²) in [5.41, 5.74) is 4.32. The van der Waals surface area contributed by atoms with Crippen molar-refractivity contribution in [3.63, 3.8) is 0 Å². The van der Waals surface area contributed by atoms with Gasteiger partial charge in [0.2, 0.25) is 5.91 Å². The first-order valence-corrected chi connectivity index (χ1v) is 11.3. The van der Waals surface area contributed by atoms with Gasteiger partial charge >= 0.3 is 0 Å². The maximum absolute atomic E-state index is 13.3. The molecule has 0 N–H and O–H groups in total. The summed E-state index contributed by atoms with van der Waals surface area (Å²) in [4.78, 5) is 22.4. The van der Waals surface area contributed by atoms with E-state index in [0.717, 1.165) is 51.9 Å². The molecular formula is C24H31N3O2S. The van der Waals surface area contributed by atoms with Crippen LogP contribution in [0.1, 0.15) is 30.5 Å².